The Bertz CT molecular complexity index is 823. The maximum absolute atomic E-state index is 12.4. The fraction of sp³-hybridized carbons (Fsp3) is 0.333. The molecule has 0 spiro atoms. The Morgan fingerprint density at radius 2 is 1.96 bits per heavy atom. The molecule has 1 aromatic carbocycles. The van der Waals surface area contributed by atoms with E-state index in [0.717, 1.165) is 0 Å². The number of hydrogen-bond acceptors (Lipinski definition) is 5. The van der Waals surface area contributed by atoms with Crippen LogP contribution in [0.3, 0.4) is 0 Å². The number of likely N-dealkylation sites (tertiary alicyclic amines) is 1. The fourth-order valence-corrected chi connectivity index (χ4v) is 3.01. The highest BCUT2D eigenvalue weighted by atomic mass is 16.6. The quantitative estimate of drug-likeness (QED) is 0.668. The van der Waals surface area contributed by atoms with Crippen molar-refractivity contribution in [1.82, 2.24) is 10.2 Å². The molecule has 8 nitrogen and oxygen atoms in total. The lowest BCUT2D eigenvalue weighted by Crippen LogP contribution is -2.46. The number of rotatable bonds is 4. The standard InChI is InChI=1S/C18H19N3O5/c1-12-2-3-13(10-16(12)21(24)25)17(22)19-15-4-7-20(8-5-15)18(23)14-6-9-26-11-14/h2-3,6,9-11,15H,4-5,7-8H2,1H3,(H,19,22). The number of hydrogen-bond donors (Lipinski definition) is 1. The molecule has 1 fully saturated rings. The van der Waals surface area contributed by atoms with E-state index in [4.69, 9.17) is 4.42 Å². The molecule has 26 heavy (non-hydrogen) atoms. The number of aryl methyl sites for hydroxylation is 1. The predicted molar refractivity (Wildman–Crippen MR) is 92.9 cm³/mol. The lowest BCUT2D eigenvalue weighted by Gasteiger charge is -2.32. The topological polar surface area (TPSA) is 106 Å². The average molecular weight is 357 g/mol. The van der Waals surface area contributed by atoms with Gasteiger partial charge in [0, 0.05) is 36.3 Å². The van der Waals surface area contributed by atoms with Gasteiger partial charge in [0.2, 0.25) is 0 Å². The summed E-state index contributed by atoms with van der Waals surface area (Å²) in [5.41, 5.74) is 1.22. The molecule has 3 rings (SSSR count). The lowest BCUT2D eigenvalue weighted by molar-refractivity contribution is -0.385. The molecule has 1 aliphatic rings. The summed E-state index contributed by atoms with van der Waals surface area (Å²) in [7, 11) is 0. The van der Waals surface area contributed by atoms with Crippen LogP contribution in [0.4, 0.5) is 5.69 Å². The molecule has 2 heterocycles. The molecule has 0 bridgehead atoms. The van der Waals surface area contributed by atoms with E-state index in [-0.39, 0.29) is 29.1 Å². The van der Waals surface area contributed by atoms with Crippen LogP contribution in [0, 0.1) is 17.0 Å². The molecule has 2 amide bonds. The Hall–Kier alpha value is -3.16. The van der Waals surface area contributed by atoms with Crippen LogP contribution in [0.25, 0.3) is 0 Å². The van der Waals surface area contributed by atoms with Crippen molar-refractivity contribution >= 4 is 17.5 Å². The summed E-state index contributed by atoms with van der Waals surface area (Å²) in [6.07, 6.45) is 4.13. The first kappa shape index (κ1) is 17.7. The Labute approximate surface area is 149 Å². The highest BCUT2D eigenvalue weighted by molar-refractivity contribution is 5.95. The van der Waals surface area contributed by atoms with Crippen LogP contribution in [0.5, 0.6) is 0 Å². The van der Waals surface area contributed by atoms with Gasteiger partial charge >= 0.3 is 0 Å². The molecule has 1 saturated heterocycles. The summed E-state index contributed by atoms with van der Waals surface area (Å²) in [6.45, 7) is 2.69. The Balaban J connectivity index is 1.58. The minimum Gasteiger partial charge on any atom is -0.472 e. The monoisotopic (exact) mass is 357 g/mol. The molecule has 1 aliphatic heterocycles. The summed E-state index contributed by atoms with van der Waals surface area (Å²) in [5.74, 6) is -0.426. The van der Waals surface area contributed by atoms with Gasteiger partial charge in [0.05, 0.1) is 16.7 Å². The van der Waals surface area contributed by atoms with E-state index in [9.17, 15) is 19.7 Å². The van der Waals surface area contributed by atoms with E-state index < -0.39 is 4.92 Å². The first-order valence-corrected chi connectivity index (χ1v) is 8.33. The number of carbonyl (C=O) groups excluding carboxylic acids is 2. The second-order valence-electron chi connectivity index (χ2n) is 6.31. The number of amides is 2. The predicted octanol–water partition coefficient (Wildman–Crippen LogP) is 2.53. The normalized spacial score (nSPS) is 14.9. The van der Waals surface area contributed by atoms with Gasteiger partial charge in [0.15, 0.2) is 0 Å². The minimum atomic E-state index is -0.494. The zero-order valence-corrected chi connectivity index (χ0v) is 14.3. The number of nitrogens with zero attached hydrogens (tertiary/aromatic N) is 2. The molecule has 8 heteroatoms. The molecular formula is C18H19N3O5. The summed E-state index contributed by atoms with van der Waals surface area (Å²) in [5, 5.41) is 13.9. The molecule has 0 aliphatic carbocycles. The van der Waals surface area contributed by atoms with E-state index >= 15 is 0 Å². The Morgan fingerprint density at radius 3 is 2.58 bits per heavy atom. The first-order valence-electron chi connectivity index (χ1n) is 8.33. The summed E-state index contributed by atoms with van der Waals surface area (Å²) in [4.78, 5) is 36.9. The minimum absolute atomic E-state index is 0.0711. The second-order valence-corrected chi connectivity index (χ2v) is 6.31. The van der Waals surface area contributed by atoms with Gasteiger partial charge in [-0.1, -0.05) is 6.07 Å². The third kappa shape index (κ3) is 3.74. The van der Waals surface area contributed by atoms with E-state index in [2.05, 4.69) is 5.32 Å². The number of nitro benzene ring substituents is 1. The Morgan fingerprint density at radius 1 is 1.23 bits per heavy atom. The first-order chi connectivity index (χ1) is 12.5. The van der Waals surface area contributed by atoms with Gasteiger partial charge < -0.3 is 14.6 Å². The van der Waals surface area contributed by atoms with Gasteiger partial charge in [-0.15, -0.1) is 0 Å². The van der Waals surface area contributed by atoms with Crippen molar-refractivity contribution in [2.45, 2.75) is 25.8 Å². The number of nitrogens with one attached hydrogen (secondary N) is 1. The number of furan rings is 1. The van der Waals surface area contributed by atoms with Crippen LogP contribution in [0.1, 0.15) is 39.1 Å². The smallest absolute Gasteiger partial charge is 0.273 e. The largest absolute Gasteiger partial charge is 0.472 e. The SMILES string of the molecule is Cc1ccc(C(=O)NC2CCN(C(=O)c3ccoc3)CC2)cc1[N+](=O)[O-]. The zero-order chi connectivity index (χ0) is 18.7. The number of nitro groups is 1. The van der Waals surface area contributed by atoms with E-state index in [1.807, 2.05) is 0 Å². The maximum atomic E-state index is 12.4. The lowest BCUT2D eigenvalue weighted by atomic mass is 10.0. The van der Waals surface area contributed by atoms with Gasteiger partial charge in [0.25, 0.3) is 17.5 Å². The van der Waals surface area contributed by atoms with Crippen LogP contribution in [0.15, 0.2) is 41.2 Å². The molecular weight excluding hydrogens is 338 g/mol. The molecule has 1 N–H and O–H groups in total. The molecule has 0 atom stereocenters. The van der Waals surface area contributed by atoms with Crippen LogP contribution in [0.2, 0.25) is 0 Å². The van der Waals surface area contributed by atoms with Crippen molar-refractivity contribution in [2.24, 2.45) is 0 Å². The van der Waals surface area contributed by atoms with Gasteiger partial charge in [-0.3, -0.25) is 19.7 Å². The van der Waals surface area contributed by atoms with Crippen molar-refractivity contribution in [3.8, 4) is 0 Å². The van der Waals surface area contributed by atoms with E-state index in [0.29, 0.717) is 37.1 Å². The third-order valence-electron chi connectivity index (χ3n) is 4.55. The molecule has 0 unspecified atom stereocenters. The van der Waals surface area contributed by atoms with Crippen molar-refractivity contribution in [1.29, 1.82) is 0 Å². The maximum Gasteiger partial charge on any atom is 0.273 e. The molecule has 136 valence electrons. The number of benzene rings is 1. The van der Waals surface area contributed by atoms with Crippen molar-refractivity contribution in [2.75, 3.05) is 13.1 Å². The summed E-state index contributed by atoms with van der Waals surface area (Å²) in [6, 6.07) is 5.99. The highest BCUT2D eigenvalue weighted by Crippen LogP contribution is 2.20. The fourth-order valence-electron chi connectivity index (χ4n) is 3.01. The van der Waals surface area contributed by atoms with Crippen LogP contribution >= 0.6 is 0 Å². The van der Waals surface area contributed by atoms with Gasteiger partial charge in [-0.2, -0.15) is 0 Å². The zero-order valence-electron chi connectivity index (χ0n) is 14.3. The van der Waals surface area contributed by atoms with Crippen LogP contribution in [-0.4, -0.2) is 40.8 Å². The number of carbonyl (C=O) groups is 2. The molecule has 1 aromatic heterocycles. The van der Waals surface area contributed by atoms with Gasteiger partial charge in [-0.25, -0.2) is 0 Å². The number of piperidine rings is 1. The average Bonchev–Trinajstić information content (AvgIpc) is 3.16. The van der Waals surface area contributed by atoms with Crippen LogP contribution < -0.4 is 5.32 Å². The van der Waals surface area contributed by atoms with E-state index in [1.54, 1.807) is 30.0 Å². The van der Waals surface area contributed by atoms with Crippen LogP contribution in [-0.2, 0) is 0 Å². The second kappa shape index (κ2) is 7.38. The van der Waals surface area contributed by atoms with E-state index in [1.165, 1.54) is 18.6 Å². The molecule has 2 aromatic rings. The molecule has 0 saturated carbocycles. The third-order valence-corrected chi connectivity index (χ3v) is 4.55. The van der Waals surface area contributed by atoms with Crippen molar-refractivity contribution < 1.29 is 18.9 Å². The Kier molecular flexibility index (Phi) is 5.01. The molecule has 0 radical (unpaired) electrons. The van der Waals surface area contributed by atoms with Gasteiger partial charge in [-0.05, 0) is 31.9 Å². The highest BCUT2D eigenvalue weighted by Gasteiger charge is 2.25. The summed E-state index contributed by atoms with van der Waals surface area (Å²) >= 11 is 0. The van der Waals surface area contributed by atoms with Crippen molar-refractivity contribution in [3.05, 3.63) is 63.6 Å². The van der Waals surface area contributed by atoms with Crippen molar-refractivity contribution in [3.63, 3.8) is 0 Å². The summed E-state index contributed by atoms with van der Waals surface area (Å²) < 4.78 is 4.93. The van der Waals surface area contributed by atoms with Gasteiger partial charge in [0.1, 0.15) is 6.26 Å².